The second-order valence-corrected chi connectivity index (χ2v) is 7.21. The molecule has 1 heterocycles. The van der Waals surface area contributed by atoms with Crippen LogP contribution < -0.4 is 0 Å². The van der Waals surface area contributed by atoms with Crippen LogP contribution >= 0.6 is 0 Å². The van der Waals surface area contributed by atoms with Crippen molar-refractivity contribution < 1.29 is 19.0 Å². The molecule has 0 bridgehead atoms. The Morgan fingerprint density at radius 1 is 1.24 bits per heavy atom. The number of carbonyl (C=O) groups excluding carboxylic acids is 1. The molecule has 4 heteroatoms. The first-order valence-electron chi connectivity index (χ1n) is 9.46. The van der Waals surface area contributed by atoms with Gasteiger partial charge in [0, 0.05) is 5.92 Å². The van der Waals surface area contributed by atoms with Crippen molar-refractivity contribution >= 4 is 5.97 Å². The van der Waals surface area contributed by atoms with E-state index in [4.69, 9.17) is 14.2 Å². The summed E-state index contributed by atoms with van der Waals surface area (Å²) in [7, 11) is 0. The zero-order valence-electron chi connectivity index (χ0n) is 15.9. The Hall–Kier alpha value is -1.39. The second kappa shape index (κ2) is 9.93. The van der Waals surface area contributed by atoms with Gasteiger partial charge in [-0.2, -0.15) is 0 Å². The molecule has 0 unspecified atom stereocenters. The maximum Gasteiger partial charge on any atom is 0.311 e. The number of ether oxygens (including phenoxy) is 3. The zero-order valence-corrected chi connectivity index (χ0v) is 15.9. The van der Waals surface area contributed by atoms with Gasteiger partial charge in [0.2, 0.25) is 0 Å². The zero-order chi connectivity index (χ0) is 18.2. The quantitative estimate of drug-likeness (QED) is 0.660. The van der Waals surface area contributed by atoms with E-state index < -0.39 is 0 Å². The number of benzene rings is 1. The SMILES string of the molecule is CCOC(=O)[C@@H](C)[C@@H]1O[C@H]([C@H](C)COCc2ccccc2)CC[C@H]1C. The molecule has 0 saturated carbocycles. The maximum atomic E-state index is 12.1. The molecular formula is C21H32O4. The van der Waals surface area contributed by atoms with E-state index in [0.717, 1.165) is 12.8 Å². The van der Waals surface area contributed by atoms with Crippen molar-refractivity contribution in [2.45, 2.75) is 59.4 Å². The smallest absolute Gasteiger partial charge is 0.311 e. The molecule has 1 aliphatic rings. The highest BCUT2D eigenvalue weighted by Crippen LogP contribution is 2.33. The second-order valence-electron chi connectivity index (χ2n) is 7.21. The van der Waals surface area contributed by atoms with Gasteiger partial charge in [0.25, 0.3) is 0 Å². The van der Waals surface area contributed by atoms with E-state index in [9.17, 15) is 4.79 Å². The third-order valence-electron chi connectivity index (χ3n) is 5.08. The molecule has 1 fully saturated rings. The molecule has 0 amide bonds. The first-order chi connectivity index (χ1) is 12.0. The molecule has 1 aromatic carbocycles. The Kier molecular flexibility index (Phi) is 7.91. The van der Waals surface area contributed by atoms with E-state index >= 15 is 0 Å². The van der Waals surface area contributed by atoms with E-state index in [2.05, 4.69) is 26.0 Å². The van der Waals surface area contributed by atoms with Crippen LogP contribution in [0.4, 0.5) is 0 Å². The average molecular weight is 348 g/mol. The Labute approximate surface area is 151 Å². The molecular weight excluding hydrogens is 316 g/mol. The average Bonchev–Trinajstić information content (AvgIpc) is 2.62. The summed E-state index contributed by atoms with van der Waals surface area (Å²) in [4.78, 5) is 12.1. The van der Waals surface area contributed by atoms with Gasteiger partial charge in [0.1, 0.15) is 0 Å². The van der Waals surface area contributed by atoms with E-state index in [1.165, 1.54) is 5.56 Å². The summed E-state index contributed by atoms with van der Waals surface area (Å²) in [6.45, 7) is 9.77. The Bertz CT molecular complexity index is 516. The number of rotatable bonds is 8. The summed E-state index contributed by atoms with van der Waals surface area (Å²) in [6.07, 6.45) is 2.15. The molecule has 0 N–H and O–H groups in total. The third-order valence-corrected chi connectivity index (χ3v) is 5.08. The van der Waals surface area contributed by atoms with Crippen molar-refractivity contribution in [3.63, 3.8) is 0 Å². The summed E-state index contributed by atoms with van der Waals surface area (Å²) in [5, 5.41) is 0. The van der Waals surface area contributed by atoms with Crippen molar-refractivity contribution in [2.24, 2.45) is 17.8 Å². The van der Waals surface area contributed by atoms with Crippen molar-refractivity contribution in [1.82, 2.24) is 0 Å². The topological polar surface area (TPSA) is 44.8 Å². The molecule has 1 aromatic rings. The highest BCUT2D eigenvalue weighted by Gasteiger charge is 2.37. The fraction of sp³-hybridized carbons (Fsp3) is 0.667. The van der Waals surface area contributed by atoms with Crippen LogP contribution in [0.5, 0.6) is 0 Å². The molecule has 140 valence electrons. The van der Waals surface area contributed by atoms with Gasteiger partial charge in [-0.1, -0.05) is 44.2 Å². The van der Waals surface area contributed by atoms with E-state index in [1.807, 2.05) is 32.0 Å². The molecule has 0 spiro atoms. The highest BCUT2D eigenvalue weighted by atomic mass is 16.5. The van der Waals surface area contributed by atoms with Gasteiger partial charge in [-0.25, -0.2) is 0 Å². The predicted molar refractivity (Wildman–Crippen MR) is 98.1 cm³/mol. The number of esters is 1. The van der Waals surface area contributed by atoms with Crippen LogP contribution in [0.2, 0.25) is 0 Å². The minimum atomic E-state index is -0.227. The van der Waals surface area contributed by atoms with Crippen molar-refractivity contribution in [1.29, 1.82) is 0 Å². The lowest BCUT2D eigenvalue weighted by atomic mass is 9.84. The number of hydrogen-bond donors (Lipinski definition) is 0. The fourth-order valence-corrected chi connectivity index (χ4v) is 3.48. The van der Waals surface area contributed by atoms with Crippen molar-refractivity contribution in [3.8, 4) is 0 Å². The first kappa shape index (κ1) is 19.9. The van der Waals surface area contributed by atoms with E-state index in [1.54, 1.807) is 0 Å². The van der Waals surface area contributed by atoms with Gasteiger partial charge in [0.05, 0.1) is 37.9 Å². The Morgan fingerprint density at radius 3 is 2.64 bits per heavy atom. The normalized spacial score (nSPS) is 26.0. The lowest BCUT2D eigenvalue weighted by Gasteiger charge is -2.39. The molecule has 0 radical (unpaired) electrons. The van der Waals surface area contributed by atoms with Crippen molar-refractivity contribution in [3.05, 3.63) is 35.9 Å². The highest BCUT2D eigenvalue weighted by molar-refractivity contribution is 5.72. The predicted octanol–water partition coefficient (Wildman–Crippen LogP) is 4.22. The van der Waals surface area contributed by atoms with E-state index in [0.29, 0.717) is 31.7 Å². The van der Waals surface area contributed by atoms with Gasteiger partial charge in [-0.05, 0) is 38.2 Å². The lowest BCUT2D eigenvalue weighted by Crippen LogP contribution is -2.44. The minimum absolute atomic E-state index is 0.0747. The van der Waals surface area contributed by atoms with Crippen LogP contribution in [-0.2, 0) is 25.6 Å². The van der Waals surface area contributed by atoms with Crippen LogP contribution in [0.15, 0.2) is 30.3 Å². The molecule has 0 aromatic heterocycles. The van der Waals surface area contributed by atoms with Gasteiger partial charge in [0.15, 0.2) is 0 Å². The van der Waals surface area contributed by atoms with Crippen LogP contribution in [0.3, 0.4) is 0 Å². The molecule has 0 aliphatic carbocycles. The van der Waals surface area contributed by atoms with Gasteiger partial charge in [-0.15, -0.1) is 0 Å². The first-order valence-corrected chi connectivity index (χ1v) is 9.46. The van der Waals surface area contributed by atoms with Gasteiger partial charge >= 0.3 is 5.97 Å². The standard InChI is InChI=1S/C21H32O4/c1-5-24-21(22)17(4)20-15(2)11-12-19(25-20)16(3)13-23-14-18-9-7-6-8-10-18/h6-10,15-17,19-20H,5,11-14H2,1-4H3/t15-,16-,17+,19+,20-/m1/s1. The van der Waals surface area contributed by atoms with Gasteiger partial charge < -0.3 is 14.2 Å². The van der Waals surface area contributed by atoms with Gasteiger partial charge in [-0.3, -0.25) is 4.79 Å². The maximum absolute atomic E-state index is 12.1. The van der Waals surface area contributed by atoms with Crippen LogP contribution in [-0.4, -0.2) is 31.4 Å². The summed E-state index contributed by atoms with van der Waals surface area (Å²) < 4.78 is 17.4. The van der Waals surface area contributed by atoms with Crippen LogP contribution in [0, 0.1) is 17.8 Å². The Balaban J connectivity index is 1.83. The van der Waals surface area contributed by atoms with E-state index in [-0.39, 0.29) is 24.1 Å². The molecule has 2 rings (SSSR count). The Morgan fingerprint density at radius 2 is 1.96 bits per heavy atom. The molecule has 4 nitrogen and oxygen atoms in total. The molecule has 1 saturated heterocycles. The summed E-state index contributed by atoms with van der Waals surface area (Å²) in [5.41, 5.74) is 1.18. The third kappa shape index (κ3) is 5.82. The molecule has 25 heavy (non-hydrogen) atoms. The van der Waals surface area contributed by atoms with Crippen molar-refractivity contribution in [2.75, 3.05) is 13.2 Å². The molecule has 5 atom stereocenters. The summed E-state index contributed by atoms with van der Waals surface area (Å²) in [6, 6.07) is 10.2. The fourth-order valence-electron chi connectivity index (χ4n) is 3.48. The number of carbonyl (C=O) groups is 1. The monoisotopic (exact) mass is 348 g/mol. The van der Waals surface area contributed by atoms with Crippen LogP contribution in [0.1, 0.15) is 46.1 Å². The minimum Gasteiger partial charge on any atom is -0.466 e. The lowest BCUT2D eigenvalue weighted by molar-refractivity contribution is -0.167. The summed E-state index contributed by atoms with van der Waals surface area (Å²) >= 11 is 0. The summed E-state index contributed by atoms with van der Waals surface area (Å²) in [5.74, 6) is 0.282. The largest absolute Gasteiger partial charge is 0.466 e. The van der Waals surface area contributed by atoms with Crippen LogP contribution in [0.25, 0.3) is 0 Å². The molecule has 1 aliphatic heterocycles. The number of hydrogen-bond acceptors (Lipinski definition) is 4.